The van der Waals surface area contributed by atoms with Crippen LogP contribution in [0.25, 0.3) is 21.8 Å². The number of rotatable bonds is 5. The number of para-hydroxylation sites is 1. The maximum Gasteiger partial charge on any atom is 0.275 e. The SMILES string of the molecule is Cn1c2ccccc2c2c(C(=O)NCCc3ccc(Cl)cc3)cn(C3CCCCC3)c(=O)c21. The summed E-state index contributed by atoms with van der Waals surface area (Å²) < 4.78 is 3.77. The van der Waals surface area contributed by atoms with Gasteiger partial charge in [-0.3, -0.25) is 9.59 Å². The molecule has 0 atom stereocenters. The summed E-state index contributed by atoms with van der Waals surface area (Å²) >= 11 is 5.97. The highest BCUT2D eigenvalue weighted by Gasteiger charge is 2.24. The number of hydrogen-bond donors (Lipinski definition) is 1. The van der Waals surface area contributed by atoms with Gasteiger partial charge in [-0.05, 0) is 43.0 Å². The van der Waals surface area contributed by atoms with E-state index in [0.717, 1.165) is 47.5 Å². The van der Waals surface area contributed by atoms with E-state index >= 15 is 0 Å². The van der Waals surface area contributed by atoms with Gasteiger partial charge in [0.2, 0.25) is 0 Å². The topological polar surface area (TPSA) is 56.0 Å². The third kappa shape index (κ3) is 4.06. The Morgan fingerprint density at radius 2 is 1.79 bits per heavy atom. The Labute approximate surface area is 198 Å². The molecule has 1 fully saturated rings. The standard InChI is InChI=1S/C27H28ClN3O2/c1-30-23-10-6-5-9-21(23)24-22(26(32)29-16-15-18-11-13-19(28)14-12-18)17-31(27(33)25(24)30)20-7-3-2-4-8-20/h5-6,9-14,17,20H,2-4,7-8,15-16H2,1H3,(H,29,32). The van der Waals surface area contributed by atoms with Crippen molar-refractivity contribution in [1.82, 2.24) is 14.5 Å². The molecule has 0 bridgehead atoms. The molecule has 2 heterocycles. The molecule has 1 saturated carbocycles. The molecule has 5 rings (SSSR count). The van der Waals surface area contributed by atoms with Crippen molar-refractivity contribution in [3.63, 3.8) is 0 Å². The molecule has 0 aliphatic heterocycles. The maximum atomic E-state index is 13.6. The molecule has 1 amide bonds. The number of halogens is 1. The Bertz CT molecular complexity index is 1380. The van der Waals surface area contributed by atoms with E-state index in [9.17, 15) is 9.59 Å². The van der Waals surface area contributed by atoms with Crippen molar-refractivity contribution in [3.05, 3.63) is 81.2 Å². The summed E-state index contributed by atoms with van der Waals surface area (Å²) in [6, 6.07) is 15.7. The lowest BCUT2D eigenvalue weighted by Gasteiger charge is -2.25. The molecule has 4 aromatic rings. The molecule has 0 unspecified atom stereocenters. The zero-order valence-corrected chi connectivity index (χ0v) is 19.6. The number of aromatic nitrogens is 2. The minimum Gasteiger partial charge on any atom is -0.352 e. The summed E-state index contributed by atoms with van der Waals surface area (Å²) in [7, 11) is 1.92. The van der Waals surface area contributed by atoms with Gasteiger partial charge in [-0.1, -0.05) is 61.2 Å². The van der Waals surface area contributed by atoms with Gasteiger partial charge in [-0.25, -0.2) is 0 Å². The van der Waals surface area contributed by atoms with Crippen LogP contribution in [0.2, 0.25) is 5.02 Å². The molecule has 2 aromatic carbocycles. The Balaban J connectivity index is 1.56. The van der Waals surface area contributed by atoms with E-state index in [1.165, 1.54) is 6.42 Å². The fourth-order valence-corrected chi connectivity index (χ4v) is 5.30. The predicted molar refractivity (Wildman–Crippen MR) is 134 cm³/mol. The number of pyridine rings is 1. The number of fused-ring (bicyclic) bond motifs is 3. The molecule has 1 aliphatic rings. The van der Waals surface area contributed by atoms with Crippen molar-refractivity contribution in [1.29, 1.82) is 0 Å². The first-order chi connectivity index (χ1) is 16.0. The highest BCUT2D eigenvalue weighted by Crippen LogP contribution is 2.32. The molecular formula is C27H28ClN3O2. The molecule has 170 valence electrons. The van der Waals surface area contributed by atoms with Crippen LogP contribution >= 0.6 is 11.6 Å². The number of nitrogens with zero attached hydrogens (tertiary/aromatic N) is 2. The van der Waals surface area contributed by atoms with Crippen molar-refractivity contribution in [2.75, 3.05) is 6.54 Å². The second-order valence-corrected chi connectivity index (χ2v) is 9.42. The average molecular weight is 462 g/mol. The van der Waals surface area contributed by atoms with Crippen molar-refractivity contribution < 1.29 is 4.79 Å². The lowest BCUT2D eigenvalue weighted by atomic mass is 9.95. The number of nitrogens with one attached hydrogen (secondary N) is 1. The number of carbonyl (C=O) groups excluding carboxylic acids is 1. The van der Waals surface area contributed by atoms with Crippen LogP contribution in [0, 0.1) is 0 Å². The van der Waals surface area contributed by atoms with E-state index in [-0.39, 0.29) is 17.5 Å². The van der Waals surface area contributed by atoms with E-state index < -0.39 is 0 Å². The van der Waals surface area contributed by atoms with E-state index in [1.54, 1.807) is 0 Å². The number of benzene rings is 2. The minimum absolute atomic E-state index is 0.00619. The maximum absolute atomic E-state index is 13.6. The van der Waals surface area contributed by atoms with Gasteiger partial charge in [0.1, 0.15) is 5.52 Å². The van der Waals surface area contributed by atoms with Crippen molar-refractivity contribution in [2.45, 2.75) is 44.6 Å². The van der Waals surface area contributed by atoms with Crippen molar-refractivity contribution >= 4 is 39.3 Å². The molecular weight excluding hydrogens is 434 g/mol. The normalized spacial score (nSPS) is 14.7. The lowest BCUT2D eigenvalue weighted by Crippen LogP contribution is -2.31. The van der Waals surface area contributed by atoms with Crippen LogP contribution in [0.5, 0.6) is 0 Å². The van der Waals surface area contributed by atoms with E-state index in [1.807, 2.05) is 70.9 Å². The van der Waals surface area contributed by atoms with Gasteiger partial charge in [-0.15, -0.1) is 0 Å². The zero-order valence-electron chi connectivity index (χ0n) is 18.8. The van der Waals surface area contributed by atoms with Crippen molar-refractivity contribution in [2.24, 2.45) is 7.05 Å². The number of amides is 1. The van der Waals surface area contributed by atoms with Crippen LogP contribution in [0.1, 0.15) is 54.1 Å². The summed E-state index contributed by atoms with van der Waals surface area (Å²) in [6.45, 7) is 0.509. The van der Waals surface area contributed by atoms with Gasteiger partial charge in [0.05, 0.1) is 5.56 Å². The number of aryl methyl sites for hydroxylation is 1. The average Bonchev–Trinajstić information content (AvgIpc) is 3.14. The van der Waals surface area contributed by atoms with E-state index in [0.29, 0.717) is 29.1 Å². The first-order valence-electron chi connectivity index (χ1n) is 11.7. The fraction of sp³-hybridized carbons (Fsp3) is 0.333. The Morgan fingerprint density at radius 3 is 2.55 bits per heavy atom. The van der Waals surface area contributed by atoms with Crippen LogP contribution in [-0.4, -0.2) is 21.6 Å². The Morgan fingerprint density at radius 1 is 1.06 bits per heavy atom. The largest absolute Gasteiger partial charge is 0.352 e. The molecule has 0 radical (unpaired) electrons. The van der Waals surface area contributed by atoms with Crippen LogP contribution in [0.15, 0.2) is 59.5 Å². The van der Waals surface area contributed by atoms with Crippen LogP contribution in [-0.2, 0) is 13.5 Å². The monoisotopic (exact) mass is 461 g/mol. The van der Waals surface area contributed by atoms with Crippen LogP contribution in [0.4, 0.5) is 0 Å². The minimum atomic E-state index is -0.144. The summed E-state index contributed by atoms with van der Waals surface area (Å²) in [5.41, 5.74) is 3.24. The second kappa shape index (κ2) is 9.06. The molecule has 1 N–H and O–H groups in total. The third-order valence-electron chi connectivity index (χ3n) is 6.91. The van der Waals surface area contributed by atoms with Crippen LogP contribution < -0.4 is 10.9 Å². The van der Waals surface area contributed by atoms with Crippen molar-refractivity contribution in [3.8, 4) is 0 Å². The highest BCUT2D eigenvalue weighted by molar-refractivity contribution is 6.30. The first-order valence-corrected chi connectivity index (χ1v) is 12.1. The quantitative estimate of drug-likeness (QED) is 0.419. The Hall–Kier alpha value is -3.05. The van der Waals surface area contributed by atoms with Gasteiger partial charge >= 0.3 is 0 Å². The second-order valence-electron chi connectivity index (χ2n) is 8.98. The first kappa shape index (κ1) is 21.8. The molecule has 1 aliphatic carbocycles. The summed E-state index contributed by atoms with van der Waals surface area (Å²) in [5, 5.41) is 5.46. The highest BCUT2D eigenvalue weighted by atomic mass is 35.5. The molecule has 6 heteroatoms. The molecule has 2 aromatic heterocycles. The van der Waals surface area contributed by atoms with E-state index in [2.05, 4.69) is 5.32 Å². The number of carbonyl (C=O) groups is 1. The predicted octanol–water partition coefficient (Wildman–Crippen LogP) is 5.62. The molecule has 0 spiro atoms. The molecule has 0 saturated heterocycles. The van der Waals surface area contributed by atoms with Gasteiger partial charge in [-0.2, -0.15) is 0 Å². The van der Waals surface area contributed by atoms with Gasteiger partial charge in [0.25, 0.3) is 11.5 Å². The van der Waals surface area contributed by atoms with Gasteiger partial charge < -0.3 is 14.5 Å². The molecule has 33 heavy (non-hydrogen) atoms. The zero-order chi connectivity index (χ0) is 22.9. The molecule has 5 nitrogen and oxygen atoms in total. The van der Waals surface area contributed by atoms with E-state index in [4.69, 9.17) is 11.6 Å². The third-order valence-corrected chi connectivity index (χ3v) is 7.16. The number of hydrogen-bond acceptors (Lipinski definition) is 2. The summed E-state index contributed by atoms with van der Waals surface area (Å²) in [5.74, 6) is -0.144. The smallest absolute Gasteiger partial charge is 0.275 e. The summed E-state index contributed by atoms with van der Waals surface area (Å²) in [6.07, 6.45) is 7.92. The fourth-order valence-electron chi connectivity index (χ4n) is 5.17. The van der Waals surface area contributed by atoms with Gasteiger partial charge in [0, 0.05) is 47.1 Å². The Kier molecular flexibility index (Phi) is 5.98. The lowest BCUT2D eigenvalue weighted by molar-refractivity contribution is 0.0954. The van der Waals surface area contributed by atoms with Gasteiger partial charge in [0.15, 0.2) is 0 Å². The summed E-state index contributed by atoms with van der Waals surface area (Å²) in [4.78, 5) is 27.1. The van der Waals surface area contributed by atoms with Crippen LogP contribution in [0.3, 0.4) is 0 Å².